The van der Waals surface area contributed by atoms with Crippen LogP contribution in [0, 0.1) is 5.41 Å². The predicted molar refractivity (Wildman–Crippen MR) is 91.6 cm³/mol. The Morgan fingerprint density at radius 3 is 2.41 bits per heavy atom. The molecule has 8 heteroatoms. The Kier molecular flexibility index (Phi) is 5.68. The van der Waals surface area contributed by atoms with Gasteiger partial charge in [-0.3, -0.25) is 0 Å². The van der Waals surface area contributed by atoms with Crippen molar-refractivity contribution in [3.05, 3.63) is 28.2 Å². The van der Waals surface area contributed by atoms with Gasteiger partial charge in [-0.15, -0.1) is 12.4 Å². The van der Waals surface area contributed by atoms with E-state index in [1.54, 1.807) is 4.31 Å². The van der Waals surface area contributed by atoms with Gasteiger partial charge < -0.3 is 5.32 Å². The van der Waals surface area contributed by atoms with E-state index in [0.29, 0.717) is 18.1 Å². The Morgan fingerprint density at radius 2 is 1.77 bits per heavy atom. The Labute approximate surface area is 147 Å². The zero-order chi connectivity index (χ0) is 15.1. The van der Waals surface area contributed by atoms with Crippen molar-refractivity contribution in [2.45, 2.75) is 24.2 Å². The van der Waals surface area contributed by atoms with E-state index < -0.39 is 10.0 Å². The first-order valence-corrected chi connectivity index (χ1v) is 9.29. The number of piperidine rings is 1. The molecule has 0 unspecified atom stereocenters. The summed E-state index contributed by atoms with van der Waals surface area (Å²) in [6.45, 7) is 3.14. The Morgan fingerprint density at radius 1 is 1.09 bits per heavy atom. The van der Waals surface area contributed by atoms with Crippen LogP contribution in [0.1, 0.15) is 19.3 Å². The lowest BCUT2D eigenvalue weighted by atomic mass is 9.78. The fourth-order valence-electron chi connectivity index (χ4n) is 3.25. The summed E-state index contributed by atoms with van der Waals surface area (Å²) in [6.07, 6.45) is 3.02. The van der Waals surface area contributed by atoms with Crippen molar-refractivity contribution in [2.75, 3.05) is 26.2 Å². The lowest BCUT2D eigenvalue weighted by Gasteiger charge is -2.33. The van der Waals surface area contributed by atoms with E-state index in [-0.39, 0.29) is 27.7 Å². The number of benzene rings is 1. The summed E-state index contributed by atoms with van der Waals surface area (Å²) in [5, 5.41) is 3.97. The molecular weight excluding hydrogens is 367 g/mol. The van der Waals surface area contributed by atoms with Crippen molar-refractivity contribution in [1.29, 1.82) is 0 Å². The molecule has 0 radical (unpaired) electrons. The molecule has 3 rings (SSSR count). The number of sulfonamides is 1. The van der Waals surface area contributed by atoms with Gasteiger partial charge in [0.05, 0.1) is 14.9 Å². The maximum Gasteiger partial charge on any atom is 0.243 e. The fourth-order valence-corrected chi connectivity index (χ4v) is 5.19. The Hall–Kier alpha value is -0.0400. The van der Waals surface area contributed by atoms with E-state index in [9.17, 15) is 8.42 Å². The van der Waals surface area contributed by atoms with E-state index in [4.69, 9.17) is 23.2 Å². The number of hydrogen-bond acceptors (Lipinski definition) is 3. The van der Waals surface area contributed by atoms with Crippen LogP contribution < -0.4 is 5.32 Å². The van der Waals surface area contributed by atoms with Gasteiger partial charge in [-0.1, -0.05) is 23.2 Å². The van der Waals surface area contributed by atoms with Gasteiger partial charge in [-0.2, -0.15) is 4.31 Å². The SMILES string of the molecule is Cl.O=S(=O)(c1ccc(Cl)c(Cl)c1)N1CCC2(CCNCC2)C1. The van der Waals surface area contributed by atoms with Crippen LogP contribution >= 0.6 is 35.6 Å². The summed E-state index contributed by atoms with van der Waals surface area (Å²) in [4.78, 5) is 0.225. The highest BCUT2D eigenvalue weighted by molar-refractivity contribution is 7.89. The molecule has 2 heterocycles. The molecule has 0 amide bonds. The maximum absolute atomic E-state index is 12.7. The number of halogens is 3. The van der Waals surface area contributed by atoms with Gasteiger partial charge in [-0.05, 0) is 56.0 Å². The molecule has 1 aromatic carbocycles. The summed E-state index contributed by atoms with van der Waals surface area (Å²) >= 11 is 11.8. The average molecular weight is 386 g/mol. The Balaban J connectivity index is 0.00000176. The lowest BCUT2D eigenvalue weighted by molar-refractivity contribution is 0.218. The van der Waals surface area contributed by atoms with Crippen LogP contribution in [0.25, 0.3) is 0 Å². The minimum Gasteiger partial charge on any atom is -0.317 e. The molecule has 1 N–H and O–H groups in total. The fraction of sp³-hybridized carbons (Fsp3) is 0.571. The van der Waals surface area contributed by atoms with Gasteiger partial charge in [0.15, 0.2) is 0 Å². The second-order valence-electron chi connectivity index (χ2n) is 5.91. The topological polar surface area (TPSA) is 49.4 Å². The molecule has 0 aliphatic carbocycles. The average Bonchev–Trinajstić information content (AvgIpc) is 2.87. The molecule has 0 atom stereocenters. The first-order chi connectivity index (χ1) is 9.93. The third kappa shape index (κ3) is 3.40. The first-order valence-electron chi connectivity index (χ1n) is 7.09. The van der Waals surface area contributed by atoms with Crippen molar-refractivity contribution in [3.63, 3.8) is 0 Å². The predicted octanol–water partition coefficient (Wildman–Crippen LogP) is 3.18. The van der Waals surface area contributed by atoms with E-state index >= 15 is 0 Å². The van der Waals surface area contributed by atoms with Crippen LogP contribution in [0.15, 0.2) is 23.1 Å². The molecule has 22 heavy (non-hydrogen) atoms. The van der Waals surface area contributed by atoms with Crippen molar-refractivity contribution in [2.24, 2.45) is 5.41 Å². The van der Waals surface area contributed by atoms with Crippen LogP contribution in [0.5, 0.6) is 0 Å². The lowest BCUT2D eigenvalue weighted by Crippen LogP contribution is -2.39. The summed E-state index contributed by atoms with van der Waals surface area (Å²) in [6, 6.07) is 4.50. The van der Waals surface area contributed by atoms with Gasteiger partial charge in [0, 0.05) is 13.1 Å². The van der Waals surface area contributed by atoms with Gasteiger partial charge in [0.25, 0.3) is 0 Å². The van der Waals surface area contributed by atoms with E-state index in [1.807, 2.05) is 0 Å². The van der Waals surface area contributed by atoms with Crippen molar-refractivity contribution in [3.8, 4) is 0 Å². The smallest absolute Gasteiger partial charge is 0.243 e. The number of nitrogens with zero attached hydrogens (tertiary/aromatic N) is 1. The second kappa shape index (κ2) is 6.83. The minimum absolute atomic E-state index is 0. The molecule has 2 aliphatic rings. The van der Waals surface area contributed by atoms with Crippen molar-refractivity contribution < 1.29 is 8.42 Å². The normalized spacial score (nSPS) is 21.7. The monoisotopic (exact) mass is 384 g/mol. The standard InChI is InChI=1S/C14H18Cl2N2O2S.ClH/c15-12-2-1-11(9-13(12)16)21(19,20)18-8-5-14(10-18)3-6-17-7-4-14;/h1-2,9,17H,3-8,10H2;1H. The molecule has 0 bridgehead atoms. The molecular formula is C14H19Cl3N2O2S. The molecule has 4 nitrogen and oxygen atoms in total. The highest BCUT2D eigenvalue weighted by Crippen LogP contribution is 2.40. The van der Waals surface area contributed by atoms with Crippen LogP contribution in [0.4, 0.5) is 0 Å². The number of hydrogen-bond donors (Lipinski definition) is 1. The molecule has 2 aliphatic heterocycles. The quantitative estimate of drug-likeness (QED) is 0.850. The van der Waals surface area contributed by atoms with Crippen LogP contribution in [-0.4, -0.2) is 38.9 Å². The molecule has 0 aromatic heterocycles. The van der Waals surface area contributed by atoms with Gasteiger partial charge in [-0.25, -0.2) is 8.42 Å². The van der Waals surface area contributed by atoms with Crippen molar-refractivity contribution >= 4 is 45.6 Å². The van der Waals surface area contributed by atoms with E-state index in [0.717, 1.165) is 32.4 Å². The zero-order valence-corrected chi connectivity index (χ0v) is 15.2. The zero-order valence-electron chi connectivity index (χ0n) is 12.0. The van der Waals surface area contributed by atoms with Crippen LogP contribution in [-0.2, 0) is 10.0 Å². The van der Waals surface area contributed by atoms with Crippen LogP contribution in [0.3, 0.4) is 0 Å². The van der Waals surface area contributed by atoms with E-state index in [1.165, 1.54) is 18.2 Å². The van der Waals surface area contributed by atoms with Gasteiger partial charge in [0.1, 0.15) is 0 Å². The summed E-state index contributed by atoms with van der Waals surface area (Å²) in [7, 11) is -3.48. The summed E-state index contributed by atoms with van der Waals surface area (Å²) < 4.78 is 27.1. The Bertz CT molecular complexity index is 645. The highest BCUT2D eigenvalue weighted by atomic mass is 35.5. The largest absolute Gasteiger partial charge is 0.317 e. The maximum atomic E-state index is 12.7. The van der Waals surface area contributed by atoms with E-state index in [2.05, 4.69) is 5.32 Å². The third-order valence-electron chi connectivity index (χ3n) is 4.60. The molecule has 2 fully saturated rings. The number of nitrogens with one attached hydrogen (secondary N) is 1. The molecule has 1 spiro atoms. The molecule has 0 saturated carbocycles. The van der Waals surface area contributed by atoms with Crippen LogP contribution in [0.2, 0.25) is 10.0 Å². The second-order valence-corrected chi connectivity index (χ2v) is 8.67. The number of rotatable bonds is 2. The molecule has 2 saturated heterocycles. The van der Waals surface area contributed by atoms with Gasteiger partial charge in [0.2, 0.25) is 10.0 Å². The highest BCUT2D eigenvalue weighted by Gasteiger charge is 2.43. The molecule has 1 aromatic rings. The summed E-state index contributed by atoms with van der Waals surface area (Å²) in [5.41, 5.74) is 0.147. The third-order valence-corrected chi connectivity index (χ3v) is 7.18. The first kappa shape index (κ1) is 18.3. The minimum atomic E-state index is -3.48. The van der Waals surface area contributed by atoms with Crippen molar-refractivity contribution in [1.82, 2.24) is 9.62 Å². The summed E-state index contributed by atoms with van der Waals surface area (Å²) in [5.74, 6) is 0. The molecule has 124 valence electrons. The van der Waals surface area contributed by atoms with Gasteiger partial charge >= 0.3 is 0 Å².